The minimum Gasteiger partial charge on any atom is -0.361 e. The molecule has 0 aliphatic rings. The Labute approximate surface area is 64.7 Å². The van der Waals surface area contributed by atoms with Gasteiger partial charge in [0.1, 0.15) is 18.1 Å². The molecule has 5 heteroatoms. The molecule has 2 N–H and O–H groups in total. The van der Waals surface area contributed by atoms with Crippen LogP contribution >= 0.6 is 12.4 Å². The third-order valence-electron chi connectivity index (χ3n) is 0.908. The van der Waals surface area contributed by atoms with Crippen LogP contribution in [0.2, 0.25) is 0 Å². The largest absolute Gasteiger partial charge is 0.361 e. The fraction of sp³-hybridized carbons (Fsp3) is 0.400. The number of hydrogen-bond donors (Lipinski definition) is 1. The second-order valence-corrected chi connectivity index (χ2v) is 1.74. The molecule has 1 aromatic heterocycles. The lowest BCUT2D eigenvalue weighted by molar-refractivity contribution is 0.118. The molecular formula is C5H9ClN2O2. The molecule has 0 saturated heterocycles. The Hall–Kier alpha value is -0.580. The molecule has 1 heterocycles. The summed E-state index contributed by atoms with van der Waals surface area (Å²) in [6.07, 6.45) is 0. The zero-order valence-corrected chi connectivity index (χ0v) is 6.35. The SMILES string of the molecule is Cc1cc(CON)no1.Cl. The Morgan fingerprint density at radius 1 is 1.80 bits per heavy atom. The first-order chi connectivity index (χ1) is 4.33. The van der Waals surface area contributed by atoms with Crippen LogP contribution < -0.4 is 5.90 Å². The smallest absolute Gasteiger partial charge is 0.134 e. The van der Waals surface area contributed by atoms with Gasteiger partial charge in [-0.05, 0) is 6.92 Å². The molecule has 0 spiro atoms. The minimum absolute atomic E-state index is 0. The number of nitrogens with zero attached hydrogens (tertiary/aromatic N) is 1. The van der Waals surface area contributed by atoms with E-state index in [-0.39, 0.29) is 12.4 Å². The van der Waals surface area contributed by atoms with E-state index in [0.29, 0.717) is 6.61 Å². The van der Waals surface area contributed by atoms with Gasteiger partial charge in [0, 0.05) is 6.07 Å². The van der Waals surface area contributed by atoms with Crippen LogP contribution in [-0.2, 0) is 11.4 Å². The van der Waals surface area contributed by atoms with E-state index in [1.165, 1.54) is 0 Å². The van der Waals surface area contributed by atoms with E-state index in [0.717, 1.165) is 11.5 Å². The monoisotopic (exact) mass is 164 g/mol. The van der Waals surface area contributed by atoms with Crippen molar-refractivity contribution in [3.05, 3.63) is 17.5 Å². The highest BCUT2D eigenvalue weighted by atomic mass is 35.5. The maximum Gasteiger partial charge on any atom is 0.134 e. The van der Waals surface area contributed by atoms with Gasteiger partial charge >= 0.3 is 0 Å². The van der Waals surface area contributed by atoms with E-state index < -0.39 is 0 Å². The van der Waals surface area contributed by atoms with Gasteiger partial charge in [-0.15, -0.1) is 12.4 Å². The lowest BCUT2D eigenvalue weighted by atomic mass is 10.4. The van der Waals surface area contributed by atoms with Gasteiger partial charge in [-0.3, -0.25) is 4.84 Å². The molecular weight excluding hydrogens is 156 g/mol. The second-order valence-electron chi connectivity index (χ2n) is 1.74. The topological polar surface area (TPSA) is 61.3 Å². The average Bonchev–Trinajstić information content (AvgIpc) is 2.17. The first-order valence-corrected chi connectivity index (χ1v) is 2.57. The zero-order chi connectivity index (χ0) is 6.69. The highest BCUT2D eigenvalue weighted by molar-refractivity contribution is 5.85. The molecule has 10 heavy (non-hydrogen) atoms. The molecule has 0 amide bonds. The number of nitrogens with two attached hydrogens (primary N) is 1. The molecule has 1 aromatic rings. The Kier molecular flexibility index (Phi) is 4.02. The van der Waals surface area contributed by atoms with Crippen LogP contribution in [0.4, 0.5) is 0 Å². The number of aromatic nitrogens is 1. The Bertz CT molecular complexity index is 190. The van der Waals surface area contributed by atoms with Crippen LogP contribution in [0.1, 0.15) is 11.5 Å². The van der Waals surface area contributed by atoms with E-state index in [1.807, 2.05) is 6.92 Å². The minimum atomic E-state index is 0. The highest BCUT2D eigenvalue weighted by Gasteiger charge is 1.96. The molecule has 0 atom stereocenters. The summed E-state index contributed by atoms with van der Waals surface area (Å²) in [6, 6.07) is 1.77. The summed E-state index contributed by atoms with van der Waals surface area (Å²) in [4.78, 5) is 4.32. The van der Waals surface area contributed by atoms with Gasteiger partial charge in [-0.25, -0.2) is 5.90 Å². The number of hydrogen-bond acceptors (Lipinski definition) is 4. The van der Waals surface area contributed by atoms with E-state index in [2.05, 4.69) is 9.99 Å². The predicted octanol–water partition coefficient (Wildman–Crippen LogP) is 0.795. The van der Waals surface area contributed by atoms with Gasteiger partial charge in [-0.2, -0.15) is 0 Å². The summed E-state index contributed by atoms with van der Waals surface area (Å²) < 4.78 is 4.73. The van der Waals surface area contributed by atoms with E-state index >= 15 is 0 Å². The first-order valence-electron chi connectivity index (χ1n) is 2.57. The van der Waals surface area contributed by atoms with E-state index in [9.17, 15) is 0 Å². The summed E-state index contributed by atoms with van der Waals surface area (Å²) in [5.41, 5.74) is 0.718. The lowest BCUT2D eigenvalue weighted by Gasteiger charge is -1.85. The molecule has 1 rings (SSSR count). The average molecular weight is 165 g/mol. The molecule has 0 aromatic carbocycles. The maximum absolute atomic E-state index is 4.79. The summed E-state index contributed by atoms with van der Waals surface area (Å²) in [7, 11) is 0. The van der Waals surface area contributed by atoms with Crippen LogP contribution in [0.3, 0.4) is 0 Å². The van der Waals surface area contributed by atoms with Gasteiger partial charge in [0.25, 0.3) is 0 Å². The van der Waals surface area contributed by atoms with Crippen LogP contribution in [0.15, 0.2) is 10.6 Å². The van der Waals surface area contributed by atoms with Crippen LogP contribution in [0.5, 0.6) is 0 Å². The Balaban J connectivity index is 0.000000810. The summed E-state index contributed by atoms with van der Waals surface area (Å²) in [6.45, 7) is 2.12. The normalized spacial score (nSPS) is 9.00. The van der Waals surface area contributed by atoms with Gasteiger partial charge in [0.15, 0.2) is 0 Å². The molecule has 0 bridgehead atoms. The van der Waals surface area contributed by atoms with Crippen molar-refractivity contribution < 1.29 is 9.36 Å². The summed E-state index contributed by atoms with van der Waals surface area (Å²) >= 11 is 0. The molecule has 0 fully saturated rings. The Morgan fingerprint density at radius 3 is 2.90 bits per heavy atom. The number of rotatable bonds is 2. The molecule has 0 unspecified atom stereocenters. The number of halogens is 1. The van der Waals surface area contributed by atoms with Crippen LogP contribution in [-0.4, -0.2) is 5.16 Å². The maximum atomic E-state index is 4.79. The van der Waals surface area contributed by atoms with Crippen molar-refractivity contribution in [3.63, 3.8) is 0 Å². The Morgan fingerprint density at radius 2 is 2.50 bits per heavy atom. The molecule has 58 valence electrons. The lowest BCUT2D eigenvalue weighted by Crippen LogP contribution is -1.98. The summed E-state index contributed by atoms with van der Waals surface area (Å²) in [5.74, 6) is 5.55. The predicted molar refractivity (Wildman–Crippen MR) is 37.5 cm³/mol. The number of aryl methyl sites for hydroxylation is 1. The molecule has 4 nitrogen and oxygen atoms in total. The van der Waals surface area contributed by atoms with E-state index in [1.54, 1.807) is 6.07 Å². The van der Waals surface area contributed by atoms with Crippen molar-refractivity contribution in [1.82, 2.24) is 5.16 Å². The first kappa shape index (κ1) is 9.42. The van der Waals surface area contributed by atoms with Gasteiger partial charge in [0.05, 0.1) is 0 Å². The molecule has 0 aliphatic heterocycles. The van der Waals surface area contributed by atoms with Crippen molar-refractivity contribution in [2.75, 3.05) is 0 Å². The van der Waals surface area contributed by atoms with Crippen LogP contribution in [0, 0.1) is 6.92 Å². The highest BCUT2D eigenvalue weighted by Crippen LogP contribution is 2.00. The third-order valence-corrected chi connectivity index (χ3v) is 0.908. The molecule has 0 saturated carbocycles. The quantitative estimate of drug-likeness (QED) is 0.657. The van der Waals surface area contributed by atoms with Crippen molar-refractivity contribution in [2.45, 2.75) is 13.5 Å². The van der Waals surface area contributed by atoms with Gasteiger partial charge in [-0.1, -0.05) is 5.16 Å². The molecule has 0 aliphatic carbocycles. The fourth-order valence-corrected chi connectivity index (χ4v) is 0.571. The molecule has 0 radical (unpaired) electrons. The standard InChI is InChI=1S/C5H8N2O2.ClH/c1-4-2-5(3-8-6)7-9-4;/h2H,3,6H2,1H3;1H. The van der Waals surface area contributed by atoms with Crippen molar-refractivity contribution in [1.29, 1.82) is 0 Å². The summed E-state index contributed by atoms with van der Waals surface area (Å²) in [5, 5.41) is 3.63. The third kappa shape index (κ3) is 2.34. The zero-order valence-electron chi connectivity index (χ0n) is 5.53. The van der Waals surface area contributed by atoms with Crippen LogP contribution in [0.25, 0.3) is 0 Å². The van der Waals surface area contributed by atoms with E-state index in [4.69, 9.17) is 10.4 Å². The van der Waals surface area contributed by atoms with Gasteiger partial charge < -0.3 is 4.52 Å². The van der Waals surface area contributed by atoms with Crippen molar-refractivity contribution in [2.24, 2.45) is 5.90 Å². The van der Waals surface area contributed by atoms with Crippen molar-refractivity contribution >= 4 is 12.4 Å². The van der Waals surface area contributed by atoms with Gasteiger partial charge in [0.2, 0.25) is 0 Å². The fourth-order valence-electron chi connectivity index (χ4n) is 0.571. The second kappa shape index (κ2) is 4.27. The van der Waals surface area contributed by atoms with Crippen molar-refractivity contribution in [3.8, 4) is 0 Å².